The van der Waals surface area contributed by atoms with E-state index in [-0.39, 0.29) is 0 Å². The molecule has 88 valence electrons. The van der Waals surface area contributed by atoms with E-state index in [1.54, 1.807) is 0 Å². The zero-order valence-corrected chi connectivity index (χ0v) is 11.4. The van der Waals surface area contributed by atoms with Crippen LogP contribution < -0.4 is 4.74 Å². The summed E-state index contributed by atoms with van der Waals surface area (Å²) in [6.07, 6.45) is 0. The number of alkyl halides is 1. The van der Waals surface area contributed by atoms with Gasteiger partial charge in [0.05, 0.1) is 0 Å². The zero-order chi connectivity index (χ0) is 12.1. The van der Waals surface area contributed by atoms with Crippen molar-refractivity contribution in [2.75, 3.05) is 0 Å². The Morgan fingerprint density at radius 2 is 1.71 bits per heavy atom. The predicted octanol–water partition coefficient (Wildman–Crippen LogP) is 4.47. The first-order valence-corrected chi connectivity index (χ1v) is 6.74. The van der Waals surface area contributed by atoms with Crippen molar-refractivity contribution >= 4 is 15.9 Å². The number of hydrogen-bond acceptors (Lipinski definition) is 1. The van der Waals surface area contributed by atoms with Crippen LogP contribution in [0, 0.1) is 6.92 Å². The maximum Gasteiger partial charge on any atom is 0.119 e. The maximum absolute atomic E-state index is 5.76. The van der Waals surface area contributed by atoms with Crippen molar-refractivity contribution in [3.63, 3.8) is 0 Å². The van der Waals surface area contributed by atoms with E-state index in [0.29, 0.717) is 6.61 Å². The van der Waals surface area contributed by atoms with Gasteiger partial charge >= 0.3 is 0 Å². The van der Waals surface area contributed by atoms with Crippen molar-refractivity contribution in [3.05, 3.63) is 65.2 Å². The molecule has 0 bridgehead atoms. The van der Waals surface area contributed by atoms with Gasteiger partial charge in [-0.2, -0.15) is 0 Å². The van der Waals surface area contributed by atoms with Gasteiger partial charge in [0.15, 0.2) is 0 Å². The standard InChI is InChI=1S/C15H15BrO/c1-12-4-2-3-5-14(12)11-17-15-8-6-13(10-16)7-9-15/h2-9H,10-11H2,1H3. The summed E-state index contributed by atoms with van der Waals surface area (Å²) < 4.78 is 5.76. The summed E-state index contributed by atoms with van der Waals surface area (Å²) in [6.45, 7) is 2.73. The summed E-state index contributed by atoms with van der Waals surface area (Å²) in [6, 6.07) is 16.5. The van der Waals surface area contributed by atoms with Crippen molar-refractivity contribution in [1.82, 2.24) is 0 Å². The first-order valence-electron chi connectivity index (χ1n) is 5.62. The molecule has 0 spiro atoms. The Labute approximate surface area is 111 Å². The number of ether oxygens (including phenoxy) is 1. The molecule has 2 aromatic carbocycles. The number of rotatable bonds is 4. The van der Waals surface area contributed by atoms with Crippen LogP contribution in [0.1, 0.15) is 16.7 Å². The first kappa shape index (κ1) is 12.2. The molecular formula is C15H15BrO. The molecule has 0 heterocycles. The van der Waals surface area contributed by atoms with Gasteiger partial charge in [-0.1, -0.05) is 52.3 Å². The van der Waals surface area contributed by atoms with Crippen LogP contribution in [0.15, 0.2) is 48.5 Å². The lowest BCUT2D eigenvalue weighted by atomic mass is 10.1. The second-order valence-corrected chi connectivity index (χ2v) is 4.55. The highest BCUT2D eigenvalue weighted by molar-refractivity contribution is 9.08. The molecule has 0 saturated heterocycles. The third kappa shape index (κ3) is 3.34. The second-order valence-electron chi connectivity index (χ2n) is 3.99. The summed E-state index contributed by atoms with van der Waals surface area (Å²) in [7, 11) is 0. The largest absolute Gasteiger partial charge is 0.489 e. The van der Waals surface area contributed by atoms with Crippen molar-refractivity contribution in [1.29, 1.82) is 0 Å². The van der Waals surface area contributed by atoms with Crippen LogP contribution in [0.5, 0.6) is 5.75 Å². The molecule has 0 saturated carbocycles. The summed E-state index contributed by atoms with van der Waals surface area (Å²) >= 11 is 3.43. The summed E-state index contributed by atoms with van der Waals surface area (Å²) in [4.78, 5) is 0. The Bertz CT molecular complexity index is 477. The van der Waals surface area contributed by atoms with Crippen LogP contribution in [-0.2, 0) is 11.9 Å². The van der Waals surface area contributed by atoms with E-state index in [1.807, 2.05) is 24.3 Å². The van der Waals surface area contributed by atoms with Crippen molar-refractivity contribution in [2.24, 2.45) is 0 Å². The molecule has 0 fully saturated rings. The van der Waals surface area contributed by atoms with Crippen LogP contribution in [0.25, 0.3) is 0 Å². The van der Waals surface area contributed by atoms with Crippen LogP contribution in [-0.4, -0.2) is 0 Å². The fourth-order valence-corrected chi connectivity index (χ4v) is 1.98. The lowest BCUT2D eigenvalue weighted by Crippen LogP contribution is -1.97. The molecule has 0 atom stereocenters. The molecular weight excluding hydrogens is 276 g/mol. The van der Waals surface area contributed by atoms with Gasteiger partial charge in [0.25, 0.3) is 0 Å². The fraction of sp³-hybridized carbons (Fsp3) is 0.200. The van der Waals surface area contributed by atoms with Gasteiger partial charge in [0.2, 0.25) is 0 Å². The van der Waals surface area contributed by atoms with Crippen molar-refractivity contribution in [3.8, 4) is 5.75 Å². The highest BCUT2D eigenvalue weighted by Crippen LogP contribution is 2.16. The van der Waals surface area contributed by atoms with Gasteiger partial charge < -0.3 is 4.74 Å². The van der Waals surface area contributed by atoms with Gasteiger partial charge in [0, 0.05) is 5.33 Å². The lowest BCUT2D eigenvalue weighted by Gasteiger charge is -2.08. The lowest BCUT2D eigenvalue weighted by molar-refractivity contribution is 0.305. The SMILES string of the molecule is Cc1ccccc1COc1ccc(CBr)cc1. The van der Waals surface area contributed by atoms with E-state index in [2.05, 4.69) is 47.1 Å². The summed E-state index contributed by atoms with van der Waals surface area (Å²) in [5.41, 5.74) is 3.76. The summed E-state index contributed by atoms with van der Waals surface area (Å²) in [5, 5.41) is 0.880. The molecule has 0 unspecified atom stereocenters. The fourth-order valence-electron chi connectivity index (χ4n) is 1.61. The Hall–Kier alpha value is -1.28. The Morgan fingerprint density at radius 1 is 1.00 bits per heavy atom. The molecule has 2 heteroatoms. The zero-order valence-electron chi connectivity index (χ0n) is 9.82. The average molecular weight is 291 g/mol. The molecule has 0 amide bonds. The van der Waals surface area contributed by atoms with Crippen molar-refractivity contribution in [2.45, 2.75) is 18.9 Å². The van der Waals surface area contributed by atoms with Crippen LogP contribution in [0.4, 0.5) is 0 Å². The number of aryl methyl sites for hydroxylation is 1. The van der Waals surface area contributed by atoms with E-state index in [4.69, 9.17) is 4.74 Å². The molecule has 2 rings (SSSR count). The molecule has 0 radical (unpaired) electrons. The Kier molecular flexibility index (Phi) is 4.21. The van der Waals surface area contributed by atoms with Crippen LogP contribution in [0.2, 0.25) is 0 Å². The Balaban J connectivity index is 2.00. The minimum absolute atomic E-state index is 0.625. The number of halogens is 1. The van der Waals surface area contributed by atoms with Crippen LogP contribution in [0.3, 0.4) is 0 Å². The van der Waals surface area contributed by atoms with Crippen molar-refractivity contribution < 1.29 is 4.74 Å². The monoisotopic (exact) mass is 290 g/mol. The third-order valence-electron chi connectivity index (χ3n) is 2.73. The number of hydrogen-bond donors (Lipinski definition) is 0. The average Bonchev–Trinajstić information content (AvgIpc) is 2.38. The molecule has 0 aliphatic carbocycles. The predicted molar refractivity (Wildman–Crippen MR) is 74.6 cm³/mol. The smallest absolute Gasteiger partial charge is 0.119 e. The third-order valence-corrected chi connectivity index (χ3v) is 3.38. The normalized spacial score (nSPS) is 10.2. The first-order chi connectivity index (χ1) is 8.29. The highest BCUT2D eigenvalue weighted by Gasteiger charge is 1.99. The van der Waals surface area contributed by atoms with Gasteiger partial charge in [-0.05, 0) is 35.7 Å². The molecule has 17 heavy (non-hydrogen) atoms. The second kappa shape index (κ2) is 5.87. The van der Waals surface area contributed by atoms with Gasteiger partial charge in [-0.15, -0.1) is 0 Å². The number of benzene rings is 2. The molecule has 0 N–H and O–H groups in total. The quantitative estimate of drug-likeness (QED) is 0.755. The van der Waals surface area contributed by atoms with E-state index in [1.165, 1.54) is 16.7 Å². The van der Waals surface area contributed by atoms with E-state index < -0.39 is 0 Å². The maximum atomic E-state index is 5.76. The topological polar surface area (TPSA) is 9.23 Å². The molecule has 0 aliphatic heterocycles. The molecule has 0 aromatic heterocycles. The minimum Gasteiger partial charge on any atom is -0.489 e. The van der Waals surface area contributed by atoms with Crippen LogP contribution >= 0.6 is 15.9 Å². The highest BCUT2D eigenvalue weighted by atomic mass is 79.9. The molecule has 2 aromatic rings. The minimum atomic E-state index is 0.625. The molecule has 1 nitrogen and oxygen atoms in total. The van der Waals surface area contributed by atoms with Gasteiger partial charge in [-0.25, -0.2) is 0 Å². The van der Waals surface area contributed by atoms with E-state index in [0.717, 1.165) is 11.1 Å². The molecule has 0 aliphatic rings. The van der Waals surface area contributed by atoms with E-state index in [9.17, 15) is 0 Å². The van der Waals surface area contributed by atoms with E-state index >= 15 is 0 Å². The van der Waals surface area contributed by atoms with Gasteiger partial charge in [-0.3, -0.25) is 0 Å². The Morgan fingerprint density at radius 3 is 2.35 bits per heavy atom. The summed E-state index contributed by atoms with van der Waals surface area (Å²) in [5.74, 6) is 0.915. The van der Waals surface area contributed by atoms with Gasteiger partial charge in [0.1, 0.15) is 12.4 Å².